The lowest BCUT2D eigenvalue weighted by atomic mass is 9.79. The first-order valence-corrected chi connectivity index (χ1v) is 14.5. The van der Waals surface area contributed by atoms with E-state index in [2.05, 4.69) is 47.8 Å². The van der Waals surface area contributed by atoms with Crippen molar-refractivity contribution < 1.29 is 13.9 Å². The maximum atomic E-state index is 14.3. The number of carbonyl (C=O) groups is 1. The summed E-state index contributed by atoms with van der Waals surface area (Å²) >= 11 is 0. The van der Waals surface area contributed by atoms with E-state index in [4.69, 9.17) is 4.74 Å². The molecule has 2 aromatic rings. The average Bonchev–Trinajstić information content (AvgIpc) is 3.20. The molecule has 5 rings (SSSR count). The van der Waals surface area contributed by atoms with E-state index in [1.807, 2.05) is 18.2 Å². The van der Waals surface area contributed by atoms with Gasteiger partial charge in [-0.2, -0.15) is 4.99 Å². The molecular weight excluding hydrogens is 491 g/mol. The summed E-state index contributed by atoms with van der Waals surface area (Å²) in [6.45, 7) is 9.88. The van der Waals surface area contributed by atoms with Gasteiger partial charge in [0.1, 0.15) is 22.9 Å². The lowest BCUT2D eigenvalue weighted by Crippen LogP contribution is -2.64. The van der Waals surface area contributed by atoms with Gasteiger partial charge in [0, 0.05) is 30.9 Å². The molecule has 3 atom stereocenters. The molecule has 2 aromatic carbocycles. The summed E-state index contributed by atoms with van der Waals surface area (Å²) in [5.74, 6) is 1.26. The Morgan fingerprint density at radius 1 is 1.21 bits per heavy atom. The van der Waals surface area contributed by atoms with Gasteiger partial charge in [0.05, 0.1) is 6.10 Å². The second-order valence-electron chi connectivity index (χ2n) is 11.3. The van der Waals surface area contributed by atoms with Crippen LogP contribution < -0.4 is 15.0 Å². The first kappa shape index (κ1) is 27.4. The maximum Gasteiger partial charge on any atom is 0.350 e. The third kappa shape index (κ3) is 5.88. The second kappa shape index (κ2) is 11.9. The number of urea groups is 1. The molecule has 1 saturated carbocycles. The molecule has 1 saturated heterocycles. The zero-order valence-corrected chi connectivity index (χ0v) is 23.2. The number of halogens is 1. The predicted octanol–water partition coefficient (Wildman–Crippen LogP) is 6.85. The van der Waals surface area contributed by atoms with E-state index < -0.39 is 5.54 Å². The molecule has 0 unspecified atom stereocenters. The predicted molar refractivity (Wildman–Crippen MR) is 155 cm³/mol. The van der Waals surface area contributed by atoms with Gasteiger partial charge >= 0.3 is 6.03 Å². The quantitative estimate of drug-likeness (QED) is 0.378. The van der Waals surface area contributed by atoms with Crippen LogP contribution in [0.3, 0.4) is 0 Å². The molecule has 3 aliphatic rings. The van der Waals surface area contributed by atoms with Crippen molar-refractivity contribution in [1.29, 1.82) is 0 Å². The van der Waals surface area contributed by atoms with Crippen LogP contribution in [-0.4, -0.2) is 47.0 Å². The minimum Gasteiger partial charge on any atom is -0.491 e. The van der Waals surface area contributed by atoms with Crippen LogP contribution in [0.4, 0.5) is 14.9 Å². The number of anilines is 1. The van der Waals surface area contributed by atoms with Crippen molar-refractivity contribution in [2.75, 3.05) is 11.4 Å². The molecule has 1 N–H and O–H groups in total. The van der Waals surface area contributed by atoms with Gasteiger partial charge in [-0.15, -0.1) is 6.58 Å². The molecular formula is C32H41FN4O2. The Labute approximate surface area is 231 Å². The van der Waals surface area contributed by atoms with Gasteiger partial charge in [0.2, 0.25) is 0 Å². The van der Waals surface area contributed by atoms with Crippen molar-refractivity contribution >= 4 is 17.6 Å². The van der Waals surface area contributed by atoms with E-state index in [-0.39, 0.29) is 24.0 Å². The molecule has 1 spiro atoms. The smallest absolute Gasteiger partial charge is 0.350 e. The minimum atomic E-state index is -0.667. The topological polar surface area (TPSA) is 57.2 Å². The first-order chi connectivity index (χ1) is 18.9. The van der Waals surface area contributed by atoms with Crippen LogP contribution in [0.5, 0.6) is 5.75 Å². The summed E-state index contributed by atoms with van der Waals surface area (Å²) in [4.78, 5) is 22.2. The highest BCUT2D eigenvalue weighted by Gasteiger charge is 2.54. The fourth-order valence-corrected chi connectivity index (χ4v) is 6.30. The molecule has 6 nitrogen and oxygen atoms in total. The van der Waals surface area contributed by atoms with Crippen LogP contribution in [0.25, 0.3) is 0 Å². The Balaban J connectivity index is 1.41. The van der Waals surface area contributed by atoms with Crippen molar-refractivity contribution in [2.24, 2.45) is 4.99 Å². The van der Waals surface area contributed by atoms with Crippen molar-refractivity contribution in [1.82, 2.24) is 10.2 Å². The van der Waals surface area contributed by atoms with Gasteiger partial charge in [-0.1, -0.05) is 50.5 Å². The molecule has 208 valence electrons. The van der Waals surface area contributed by atoms with Gasteiger partial charge in [-0.3, -0.25) is 9.80 Å². The van der Waals surface area contributed by atoms with E-state index in [0.29, 0.717) is 24.6 Å². The number of piperidine rings is 1. The largest absolute Gasteiger partial charge is 0.491 e. The van der Waals surface area contributed by atoms with Crippen LogP contribution in [0.1, 0.15) is 70.8 Å². The maximum absolute atomic E-state index is 14.3. The molecule has 0 radical (unpaired) electrons. The molecule has 0 bridgehead atoms. The van der Waals surface area contributed by atoms with Gasteiger partial charge in [-0.05, 0) is 74.9 Å². The summed E-state index contributed by atoms with van der Waals surface area (Å²) in [6.07, 6.45) is 10.2. The Morgan fingerprint density at radius 3 is 2.74 bits per heavy atom. The fraction of sp³-hybridized carbons (Fsp3) is 0.500. The van der Waals surface area contributed by atoms with E-state index in [0.717, 1.165) is 43.9 Å². The van der Waals surface area contributed by atoms with Crippen LogP contribution >= 0.6 is 0 Å². The highest BCUT2D eigenvalue weighted by atomic mass is 19.1. The van der Waals surface area contributed by atoms with Crippen LogP contribution in [0, 0.1) is 5.82 Å². The number of benzene rings is 2. The summed E-state index contributed by atoms with van der Waals surface area (Å²) in [6, 6.07) is 14.6. The lowest BCUT2D eigenvalue weighted by molar-refractivity contribution is 0.138. The number of amides is 2. The second-order valence-corrected chi connectivity index (χ2v) is 11.3. The SMILES string of the molecule is C=C[C@H]1C[C@]2(CCN1Cc1cccc(O[C@H](C)CC)c1)C(NC1CCCCC1)=NC(=O)N2c1cccc(F)c1. The lowest BCUT2D eigenvalue weighted by Gasteiger charge is -2.48. The highest BCUT2D eigenvalue weighted by molar-refractivity contribution is 6.16. The van der Waals surface area contributed by atoms with E-state index in [1.54, 1.807) is 17.0 Å². The number of likely N-dealkylation sites (tertiary alicyclic amines) is 1. The third-order valence-electron chi connectivity index (χ3n) is 8.58. The standard InChI is InChI=1S/C32H41FN4O2/c1-4-23(3)39-29-16-9-11-24(19-29)22-36-18-17-32(21-27(36)5-2)30(34-26-13-7-6-8-14-26)35-31(38)37(32)28-15-10-12-25(33)20-28/h5,9-12,15-16,19-20,23,26-27H,2,4,6-8,13-14,17-18,21-22H2,1,3H3,(H,34,35,38)/t23-,27+,32-/m1/s1. The van der Waals surface area contributed by atoms with E-state index >= 15 is 0 Å². The molecule has 2 amide bonds. The summed E-state index contributed by atoms with van der Waals surface area (Å²) in [5, 5.41) is 3.69. The van der Waals surface area contributed by atoms with Crippen LogP contribution in [-0.2, 0) is 6.54 Å². The zero-order valence-electron chi connectivity index (χ0n) is 23.2. The summed E-state index contributed by atoms with van der Waals surface area (Å²) < 4.78 is 20.4. The van der Waals surface area contributed by atoms with Crippen molar-refractivity contribution in [3.05, 3.63) is 72.6 Å². The number of nitrogens with zero attached hydrogens (tertiary/aromatic N) is 3. The highest BCUT2D eigenvalue weighted by Crippen LogP contribution is 2.42. The van der Waals surface area contributed by atoms with Crippen molar-refractivity contribution in [3.8, 4) is 5.75 Å². The number of aliphatic imine (C=N–C) groups is 1. The monoisotopic (exact) mass is 532 g/mol. The molecule has 0 aromatic heterocycles. The number of nitrogens with one attached hydrogen (secondary N) is 1. The number of hydrogen-bond acceptors (Lipinski definition) is 4. The average molecular weight is 533 g/mol. The normalized spacial score (nSPS) is 25.0. The number of hydrogen-bond donors (Lipinski definition) is 1. The number of carbonyl (C=O) groups excluding carboxylic acids is 1. The summed E-state index contributed by atoms with van der Waals surface area (Å²) in [7, 11) is 0. The van der Waals surface area contributed by atoms with Crippen molar-refractivity contribution in [2.45, 2.75) is 95.5 Å². The number of ether oxygens (including phenoxy) is 1. The Kier molecular flexibility index (Phi) is 8.36. The molecule has 2 aliphatic heterocycles. The Bertz CT molecular complexity index is 1210. The summed E-state index contributed by atoms with van der Waals surface area (Å²) in [5.41, 5.74) is 1.06. The molecule has 2 heterocycles. The third-order valence-corrected chi connectivity index (χ3v) is 8.58. The van der Waals surface area contributed by atoms with Crippen LogP contribution in [0.2, 0.25) is 0 Å². The molecule has 2 fully saturated rings. The fourth-order valence-electron chi connectivity index (χ4n) is 6.30. The Hall–Kier alpha value is -3.19. The van der Waals surface area contributed by atoms with E-state index in [9.17, 15) is 9.18 Å². The molecule has 7 heteroatoms. The van der Waals surface area contributed by atoms with Gasteiger partial charge in [0.15, 0.2) is 0 Å². The molecule has 39 heavy (non-hydrogen) atoms. The first-order valence-electron chi connectivity index (χ1n) is 14.5. The van der Waals surface area contributed by atoms with Crippen LogP contribution in [0.15, 0.2) is 66.2 Å². The van der Waals surface area contributed by atoms with Crippen molar-refractivity contribution in [3.63, 3.8) is 0 Å². The zero-order chi connectivity index (χ0) is 27.4. The Morgan fingerprint density at radius 2 is 2.00 bits per heavy atom. The number of amidine groups is 1. The molecule has 1 aliphatic carbocycles. The van der Waals surface area contributed by atoms with E-state index in [1.165, 1.54) is 37.0 Å². The van der Waals surface area contributed by atoms with Gasteiger partial charge < -0.3 is 10.1 Å². The number of rotatable bonds is 8. The van der Waals surface area contributed by atoms with Gasteiger partial charge in [0.25, 0.3) is 0 Å². The minimum absolute atomic E-state index is 0.0122. The van der Waals surface area contributed by atoms with Gasteiger partial charge in [-0.25, -0.2) is 9.18 Å².